The molecule has 0 saturated carbocycles. The maximum absolute atomic E-state index is 11.7. The first-order chi connectivity index (χ1) is 10.7. The van der Waals surface area contributed by atoms with E-state index in [4.69, 9.17) is 9.15 Å². The van der Waals surface area contributed by atoms with Gasteiger partial charge in [-0.15, -0.1) is 0 Å². The van der Waals surface area contributed by atoms with Crippen molar-refractivity contribution >= 4 is 34.0 Å². The van der Waals surface area contributed by atoms with Gasteiger partial charge in [-0.2, -0.15) is 0 Å². The van der Waals surface area contributed by atoms with Gasteiger partial charge in [-0.05, 0) is 29.3 Å². The van der Waals surface area contributed by atoms with E-state index in [1.807, 2.05) is 30.3 Å². The molecule has 0 N–H and O–H groups in total. The van der Waals surface area contributed by atoms with E-state index in [1.54, 1.807) is 13.2 Å². The summed E-state index contributed by atoms with van der Waals surface area (Å²) in [6.45, 7) is 2.15. The third kappa shape index (κ3) is 2.60. The zero-order valence-corrected chi connectivity index (χ0v) is 12.3. The minimum absolute atomic E-state index is 0.191. The van der Waals surface area contributed by atoms with Crippen LogP contribution in [-0.2, 0) is 27.2 Å². The fourth-order valence-electron chi connectivity index (χ4n) is 2.70. The summed E-state index contributed by atoms with van der Waals surface area (Å²) in [5, 5.41) is 2.97. The largest absolute Gasteiger partial charge is 0.466 e. The van der Waals surface area contributed by atoms with Crippen LogP contribution in [0.2, 0.25) is 0 Å². The van der Waals surface area contributed by atoms with Gasteiger partial charge in [0.1, 0.15) is 11.9 Å². The lowest BCUT2D eigenvalue weighted by atomic mass is 9.99. The van der Waals surface area contributed by atoms with E-state index < -0.39 is 0 Å². The predicted molar refractivity (Wildman–Crippen MR) is 83.8 cm³/mol. The quantitative estimate of drug-likeness (QED) is 0.534. The van der Waals surface area contributed by atoms with Crippen molar-refractivity contribution in [1.82, 2.24) is 0 Å². The Morgan fingerprint density at radius 1 is 1.27 bits per heavy atom. The first-order valence-corrected chi connectivity index (χ1v) is 7.24. The summed E-state index contributed by atoms with van der Waals surface area (Å²) >= 11 is 0. The van der Waals surface area contributed by atoms with Crippen molar-refractivity contribution in [2.24, 2.45) is 0 Å². The Balaban J connectivity index is 2.11. The van der Waals surface area contributed by atoms with E-state index in [0.29, 0.717) is 13.0 Å². The molecule has 0 bridgehead atoms. The number of benzene rings is 2. The minimum Gasteiger partial charge on any atom is -0.466 e. The molecular formula is C18H16O4. The summed E-state index contributed by atoms with van der Waals surface area (Å²) in [7, 11) is 0. The zero-order valence-electron chi connectivity index (χ0n) is 12.3. The number of furan rings is 1. The van der Waals surface area contributed by atoms with Crippen LogP contribution in [0.25, 0.3) is 21.7 Å². The molecule has 0 radical (unpaired) electrons. The first-order valence-electron chi connectivity index (χ1n) is 7.24. The number of hydrogen-bond donors (Lipinski definition) is 0. The summed E-state index contributed by atoms with van der Waals surface area (Å²) in [5.41, 5.74) is 2.54. The van der Waals surface area contributed by atoms with Crippen LogP contribution in [0.1, 0.15) is 18.1 Å². The smallest absolute Gasteiger partial charge is 0.310 e. The molecule has 1 aromatic heterocycles. The highest BCUT2D eigenvalue weighted by atomic mass is 16.5. The predicted octanol–water partition coefficient (Wildman–Crippen LogP) is 3.43. The number of aldehydes is 1. The van der Waals surface area contributed by atoms with E-state index in [1.165, 1.54) is 0 Å². The molecule has 0 atom stereocenters. The Morgan fingerprint density at radius 2 is 2.14 bits per heavy atom. The average molecular weight is 296 g/mol. The van der Waals surface area contributed by atoms with Gasteiger partial charge in [-0.3, -0.25) is 4.79 Å². The molecule has 0 amide bonds. The molecule has 4 nitrogen and oxygen atoms in total. The molecule has 0 spiro atoms. The lowest BCUT2D eigenvalue weighted by Gasteiger charge is -2.04. The number of hydrogen-bond acceptors (Lipinski definition) is 4. The molecule has 0 fully saturated rings. The summed E-state index contributed by atoms with van der Waals surface area (Å²) in [5.74, 6) is -0.264. The second-order valence-corrected chi connectivity index (χ2v) is 5.11. The van der Waals surface area contributed by atoms with Crippen molar-refractivity contribution < 1.29 is 18.7 Å². The van der Waals surface area contributed by atoms with E-state index in [-0.39, 0.29) is 12.4 Å². The van der Waals surface area contributed by atoms with Crippen LogP contribution in [-0.4, -0.2) is 18.9 Å². The fraction of sp³-hybridized carbons (Fsp3) is 0.222. The van der Waals surface area contributed by atoms with Gasteiger partial charge in [-0.25, -0.2) is 0 Å². The number of ether oxygens (including phenoxy) is 1. The van der Waals surface area contributed by atoms with Crippen molar-refractivity contribution in [3.8, 4) is 0 Å². The van der Waals surface area contributed by atoms with Crippen LogP contribution in [0.4, 0.5) is 0 Å². The van der Waals surface area contributed by atoms with Crippen LogP contribution >= 0.6 is 0 Å². The van der Waals surface area contributed by atoms with Gasteiger partial charge in [0.25, 0.3) is 0 Å². The SMILES string of the molecule is CCOC(=O)Cc1coc2ccc3cc(CC=O)ccc3c12. The average Bonchev–Trinajstić information content (AvgIpc) is 2.91. The van der Waals surface area contributed by atoms with Crippen molar-refractivity contribution in [1.29, 1.82) is 0 Å². The maximum Gasteiger partial charge on any atom is 0.310 e. The van der Waals surface area contributed by atoms with Gasteiger partial charge in [0.05, 0.1) is 19.3 Å². The van der Waals surface area contributed by atoms with Gasteiger partial charge >= 0.3 is 5.97 Å². The van der Waals surface area contributed by atoms with E-state index in [2.05, 4.69) is 0 Å². The lowest BCUT2D eigenvalue weighted by Crippen LogP contribution is -2.06. The molecule has 22 heavy (non-hydrogen) atoms. The van der Waals surface area contributed by atoms with Crippen LogP contribution in [0.3, 0.4) is 0 Å². The number of carbonyl (C=O) groups excluding carboxylic acids is 2. The number of fused-ring (bicyclic) bond motifs is 3. The zero-order chi connectivity index (χ0) is 15.5. The van der Waals surface area contributed by atoms with Crippen LogP contribution in [0.5, 0.6) is 0 Å². The topological polar surface area (TPSA) is 56.5 Å². The molecule has 0 aliphatic carbocycles. The Morgan fingerprint density at radius 3 is 2.91 bits per heavy atom. The molecule has 3 rings (SSSR count). The molecule has 112 valence electrons. The first kappa shape index (κ1) is 14.3. The van der Waals surface area contributed by atoms with Gasteiger partial charge < -0.3 is 13.9 Å². The van der Waals surface area contributed by atoms with Crippen molar-refractivity contribution in [3.63, 3.8) is 0 Å². The summed E-state index contributed by atoms with van der Waals surface area (Å²) in [4.78, 5) is 22.4. The molecule has 0 aliphatic heterocycles. The molecule has 0 unspecified atom stereocenters. The van der Waals surface area contributed by atoms with Crippen molar-refractivity contribution in [2.45, 2.75) is 19.8 Å². The standard InChI is InChI=1S/C18H16O4/c1-2-21-17(20)10-14-11-22-16-6-4-13-9-12(7-8-19)3-5-15(13)18(14)16/h3-6,8-9,11H,2,7,10H2,1H3. The second kappa shape index (κ2) is 6.02. The normalized spacial score (nSPS) is 11.0. The van der Waals surface area contributed by atoms with Crippen molar-refractivity contribution in [3.05, 3.63) is 47.7 Å². The van der Waals surface area contributed by atoms with E-state index >= 15 is 0 Å². The van der Waals surface area contributed by atoms with E-state index in [0.717, 1.165) is 39.2 Å². The highest BCUT2D eigenvalue weighted by molar-refractivity contribution is 6.08. The van der Waals surface area contributed by atoms with Crippen LogP contribution in [0, 0.1) is 0 Å². The molecule has 0 aliphatic rings. The highest BCUT2D eigenvalue weighted by Gasteiger charge is 2.14. The van der Waals surface area contributed by atoms with Gasteiger partial charge in [0, 0.05) is 17.4 Å². The molecule has 0 saturated heterocycles. The Kier molecular flexibility index (Phi) is 3.92. The Bertz CT molecular complexity index is 845. The number of esters is 1. The third-order valence-electron chi connectivity index (χ3n) is 3.65. The molecule has 1 heterocycles. The molecule has 3 aromatic rings. The summed E-state index contributed by atoms with van der Waals surface area (Å²) < 4.78 is 10.6. The summed E-state index contributed by atoms with van der Waals surface area (Å²) in [6.07, 6.45) is 3.09. The summed E-state index contributed by atoms with van der Waals surface area (Å²) in [6, 6.07) is 9.74. The number of carbonyl (C=O) groups is 2. The third-order valence-corrected chi connectivity index (χ3v) is 3.65. The monoisotopic (exact) mass is 296 g/mol. The fourth-order valence-corrected chi connectivity index (χ4v) is 2.70. The van der Waals surface area contributed by atoms with E-state index in [9.17, 15) is 9.59 Å². The lowest BCUT2D eigenvalue weighted by molar-refractivity contribution is -0.142. The van der Waals surface area contributed by atoms with Gasteiger partial charge in [-0.1, -0.05) is 24.3 Å². The van der Waals surface area contributed by atoms with Crippen LogP contribution < -0.4 is 0 Å². The van der Waals surface area contributed by atoms with Crippen LogP contribution in [0.15, 0.2) is 41.0 Å². The maximum atomic E-state index is 11.7. The minimum atomic E-state index is -0.264. The number of rotatable bonds is 5. The second-order valence-electron chi connectivity index (χ2n) is 5.11. The molecular weight excluding hydrogens is 280 g/mol. The van der Waals surface area contributed by atoms with Gasteiger partial charge in [0.2, 0.25) is 0 Å². The Hall–Kier alpha value is -2.62. The van der Waals surface area contributed by atoms with Crippen molar-refractivity contribution in [2.75, 3.05) is 6.61 Å². The highest BCUT2D eigenvalue weighted by Crippen LogP contribution is 2.31. The van der Waals surface area contributed by atoms with Gasteiger partial charge in [0.15, 0.2) is 0 Å². The Labute approximate surface area is 127 Å². The molecule has 2 aromatic carbocycles. The molecule has 4 heteroatoms.